The Morgan fingerprint density at radius 3 is 2.70 bits per heavy atom. The number of amides is 3. The summed E-state index contributed by atoms with van der Waals surface area (Å²) in [4.78, 5) is 38.2. The number of carbonyl (C=O) groups is 3. The summed E-state index contributed by atoms with van der Waals surface area (Å²) in [7, 11) is 0. The molecule has 30 heavy (non-hydrogen) atoms. The summed E-state index contributed by atoms with van der Waals surface area (Å²) < 4.78 is 0. The summed E-state index contributed by atoms with van der Waals surface area (Å²) >= 11 is 2.70. The molecule has 1 aromatic carbocycles. The van der Waals surface area contributed by atoms with Crippen molar-refractivity contribution in [3.8, 4) is 0 Å². The summed E-state index contributed by atoms with van der Waals surface area (Å²) in [6.07, 6.45) is 4.40. The van der Waals surface area contributed by atoms with E-state index in [4.69, 9.17) is 0 Å². The highest BCUT2D eigenvalue weighted by atomic mass is 32.2. The summed E-state index contributed by atoms with van der Waals surface area (Å²) in [5, 5.41) is 2.80. The SMILES string of the molecule is CC[C@H]1CCc2sc(C(=O)NNC(=O)CSCC(=O)Nc3cccc(C)c3)cc2C1. The quantitative estimate of drug-likeness (QED) is 0.567. The van der Waals surface area contributed by atoms with Crippen molar-refractivity contribution in [1.29, 1.82) is 0 Å². The molecule has 0 spiro atoms. The number of nitrogens with one attached hydrogen (secondary N) is 3. The van der Waals surface area contributed by atoms with Gasteiger partial charge in [-0.25, -0.2) is 0 Å². The Bertz CT molecular complexity index is 926. The first-order valence-electron chi connectivity index (χ1n) is 10.1. The predicted octanol–water partition coefficient (Wildman–Crippen LogP) is 3.70. The molecule has 1 aliphatic carbocycles. The summed E-state index contributed by atoms with van der Waals surface area (Å²) in [5.74, 6) is 0.133. The number of benzene rings is 1. The van der Waals surface area contributed by atoms with Gasteiger partial charge in [-0.1, -0.05) is 25.5 Å². The maximum absolute atomic E-state index is 12.3. The normalized spacial score (nSPS) is 15.2. The lowest BCUT2D eigenvalue weighted by Crippen LogP contribution is -2.42. The summed E-state index contributed by atoms with van der Waals surface area (Å²) in [5.41, 5.74) is 7.97. The number of hydrogen-bond acceptors (Lipinski definition) is 5. The molecular weight excluding hydrogens is 418 g/mol. The van der Waals surface area contributed by atoms with Gasteiger partial charge in [0.2, 0.25) is 11.8 Å². The van der Waals surface area contributed by atoms with Crippen molar-refractivity contribution in [1.82, 2.24) is 10.9 Å². The van der Waals surface area contributed by atoms with Gasteiger partial charge < -0.3 is 5.32 Å². The molecule has 0 fully saturated rings. The van der Waals surface area contributed by atoms with Gasteiger partial charge in [0.15, 0.2) is 0 Å². The maximum atomic E-state index is 12.3. The molecule has 0 radical (unpaired) electrons. The van der Waals surface area contributed by atoms with E-state index in [-0.39, 0.29) is 29.2 Å². The fourth-order valence-electron chi connectivity index (χ4n) is 3.44. The third kappa shape index (κ3) is 6.34. The number of anilines is 1. The lowest BCUT2D eigenvalue weighted by molar-refractivity contribution is -0.119. The minimum atomic E-state index is -0.343. The van der Waals surface area contributed by atoms with Crippen molar-refractivity contribution in [3.05, 3.63) is 51.2 Å². The zero-order valence-electron chi connectivity index (χ0n) is 17.2. The minimum absolute atomic E-state index is 0.0840. The van der Waals surface area contributed by atoms with Crippen molar-refractivity contribution in [2.45, 2.75) is 39.5 Å². The zero-order chi connectivity index (χ0) is 21.5. The number of hydrogen-bond donors (Lipinski definition) is 3. The van der Waals surface area contributed by atoms with Crippen LogP contribution in [0.1, 0.15) is 45.4 Å². The van der Waals surface area contributed by atoms with Gasteiger partial charge in [-0.05, 0) is 61.4 Å². The van der Waals surface area contributed by atoms with E-state index < -0.39 is 0 Å². The van der Waals surface area contributed by atoms with E-state index in [0.29, 0.717) is 10.8 Å². The van der Waals surface area contributed by atoms with Crippen molar-refractivity contribution in [3.63, 3.8) is 0 Å². The molecule has 3 amide bonds. The second-order valence-electron chi connectivity index (χ2n) is 7.49. The highest BCUT2D eigenvalue weighted by molar-refractivity contribution is 8.00. The van der Waals surface area contributed by atoms with E-state index in [2.05, 4.69) is 23.1 Å². The fraction of sp³-hybridized carbons (Fsp3) is 0.409. The number of carbonyl (C=O) groups excluding carboxylic acids is 3. The van der Waals surface area contributed by atoms with Gasteiger partial charge in [0.25, 0.3) is 5.91 Å². The standard InChI is InChI=1S/C22H27N3O3S2/c1-3-15-7-8-18-16(10-15)11-19(30-18)22(28)25-24-21(27)13-29-12-20(26)23-17-6-4-5-14(2)9-17/h4-6,9,11,15H,3,7-8,10,12-13H2,1-2H3,(H,23,26)(H,24,27)(H,25,28)/t15-/m0/s1. The topological polar surface area (TPSA) is 87.3 Å². The molecule has 3 rings (SSSR count). The number of thiophene rings is 1. The molecule has 8 heteroatoms. The van der Waals surface area contributed by atoms with Crippen LogP contribution in [0.4, 0.5) is 5.69 Å². The lowest BCUT2D eigenvalue weighted by atomic mass is 9.87. The van der Waals surface area contributed by atoms with Crippen LogP contribution in [0.2, 0.25) is 0 Å². The molecule has 0 saturated carbocycles. The smallest absolute Gasteiger partial charge is 0.279 e. The van der Waals surface area contributed by atoms with Crippen molar-refractivity contribution < 1.29 is 14.4 Å². The van der Waals surface area contributed by atoms with Crippen LogP contribution >= 0.6 is 23.1 Å². The Morgan fingerprint density at radius 1 is 1.13 bits per heavy atom. The first kappa shape index (κ1) is 22.4. The molecule has 0 saturated heterocycles. The fourth-order valence-corrected chi connectivity index (χ4v) is 5.16. The van der Waals surface area contributed by atoms with Crippen LogP contribution < -0.4 is 16.2 Å². The predicted molar refractivity (Wildman–Crippen MR) is 123 cm³/mol. The Balaban J connectivity index is 1.37. The van der Waals surface area contributed by atoms with Crippen LogP contribution in [0.5, 0.6) is 0 Å². The Morgan fingerprint density at radius 2 is 1.93 bits per heavy atom. The molecule has 160 valence electrons. The first-order valence-corrected chi connectivity index (χ1v) is 12.1. The van der Waals surface area contributed by atoms with E-state index >= 15 is 0 Å². The average molecular weight is 446 g/mol. The van der Waals surface area contributed by atoms with Crippen molar-refractivity contribution >= 4 is 46.5 Å². The third-order valence-electron chi connectivity index (χ3n) is 5.07. The molecule has 1 aromatic heterocycles. The highest BCUT2D eigenvalue weighted by Crippen LogP contribution is 2.33. The molecule has 6 nitrogen and oxygen atoms in total. The minimum Gasteiger partial charge on any atom is -0.325 e. The maximum Gasteiger partial charge on any atom is 0.279 e. The van der Waals surface area contributed by atoms with Crippen LogP contribution in [0.15, 0.2) is 30.3 Å². The molecule has 2 aromatic rings. The van der Waals surface area contributed by atoms with Gasteiger partial charge in [-0.3, -0.25) is 25.2 Å². The second-order valence-corrected chi connectivity index (χ2v) is 9.61. The summed E-state index contributed by atoms with van der Waals surface area (Å²) in [6.45, 7) is 4.16. The van der Waals surface area contributed by atoms with Crippen LogP contribution in [-0.2, 0) is 22.4 Å². The van der Waals surface area contributed by atoms with E-state index in [1.807, 2.05) is 37.3 Å². The van der Waals surface area contributed by atoms with E-state index in [1.165, 1.54) is 40.0 Å². The van der Waals surface area contributed by atoms with Gasteiger partial charge in [0.05, 0.1) is 16.4 Å². The molecule has 0 aliphatic heterocycles. The summed E-state index contributed by atoms with van der Waals surface area (Å²) in [6, 6.07) is 9.49. The largest absolute Gasteiger partial charge is 0.325 e. The van der Waals surface area contributed by atoms with Crippen LogP contribution in [0.3, 0.4) is 0 Å². The molecule has 1 atom stereocenters. The van der Waals surface area contributed by atoms with Gasteiger partial charge in [-0.2, -0.15) is 0 Å². The second kappa shape index (κ2) is 10.6. The molecule has 0 bridgehead atoms. The van der Waals surface area contributed by atoms with Gasteiger partial charge in [0, 0.05) is 10.6 Å². The number of thioether (sulfide) groups is 1. The van der Waals surface area contributed by atoms with Crippen LogP contribution in [0, 0.1) is 12.8 Å². The van der Waals surface area contributed by atoms with Crippen LogP contribution in [-0.4, -0.2) is 29.2 Å². The van der Waals surface area contributed by atoms with Gasteiger partial charge in [0.1, 0.15) is 0 Å². The molecular formula is C22H27N3O3S2. The number of fused-ring (bicyclic) bond motifs is 1. The van der Waals surface area contributed by atoms with E-state index in [0.717, 1.165) is 30.5 Å². The number of rotatable bonds is 7. The van der Waals surface area contributed by atoms with Gasteiger partial charge >= 0.3 is 0 Å². The van der Waals surface area contributed by atoms with Crippen molar-refractivity contribution in [2.24, 2.45) is 5.92 Å². The third-order valence-corrected chi connectivity index (χ3v) is 7.24. The molecule has 1 heterocycles. The number of hydrazine groups is 1. The zero-order valence-corrected chi connectivity index (χ0v) is 18.9. The van der Waals surface area contributed by atoms with Gasteiger partial charge in [-0.15, -0.1) is 23.1 Å². The molecule has 1 aliphatic rings. The lowest BCUT2D eigenvalue weighted by Gasteiger charge is -2.19. The first-order chi connectivity index (χ1) is 14.4. The monoisotopic (exact) mass is 445 g/mol. The molecule has 0 unspecified atom stereocenters. The van der Waals surface area contributed by atoms with E-state index in [1.54, 1.807) is 0 Å². The average Bonchev–Trinajstić information content (AvgIpc) is 3.15. The van der Waals surface area contributed by atoms with Crippen molar-refractivity contribution in [2.75, 3.05) is 16.8 Å². The Hall–Kier alpha value is -2.32. The number of aryl methyl sites for hydroxylation is 2. The Kier molecular flexibility index (Phi) is 7.93. The Labute approximate surface area is 185 Å². The molecule has 3 N–H and O–H groups in total. The highest BCUT2D eigenvalue weighted by Gasteiger charge is 2.22. The van der Waals surface area contributed by atoms with E-state index in [9.17, 15) is 14.4 Å². The van der Waals surface area contributed by atoms with Crippen LogP contribution in [0.25, 0.3) is 0 Å².